The molecular weight excluding hydrogens is 188 g/mol. The van der Waals surface area contributed by atoms with E-state index in [-0.39, 0.29) is 11.7 Å². The van der Waals surface area contributed by atoms with Crippen LogP contribution in [0.4, 0.5) is 0 Å². The molecule has 2 atom stereocenters. The van der Waals surface area contributed by atoms with Gasteiger partial charge in [-0.15, -0.1) is 0 Å². The predicted octanol–water partition coefficient (Wildman–Crippen LogP) is 2.64. The van der Waals surface area contributed by atoms with Crippen LogP contribution in [0.15, 0.2) is 24.3 Å². The summed E-state index contributed by atoms with van der Waals surface area (Å²) in [5.74, 6) is -0.221. The zero-order valence-electron chi connectivity index (χ0n) is 9.53. The first kappa shape index (κ1) is 11.9. The number of carbonyl (C=O) groups excluding carboxylic acids is 1. The fourth-order valence-corrected chi connectivity index (χ4v) is 1.55. The van der Waals surface area contributed by atoms with Crippen molar-refractivity contribution in [2.75, 3.05) is 0 Å². The van der Waals surface area contributed by atoms with Crippen LogP contribution < -0.4 is 0 Å². The average molecular weight is 206 g/mol. The second-order valence-electron chi connectivity index (χ2n) is 3.96. The zero-order valence-corrected chi connectivity index (χ0v) is 9.53. The Kier molecular flexibility index (Phi) is 4.04. The summed E-state index contributed by atoms with van der Waals surface area (Å²) in [6, 6.07) is 7.64. The van der Waals surface area contributed by atoms with E-state index in [9.17, 15) is 9.90 Å². The molecule has 1 N–H and O–H groups in total. The van der Waals surface area contributed by atoms with Crippen molar-refractivity contribution in [2.24, 2.45) is 5.92 Å². The summed E-state index contributed by atoms with van der Waals surface area (Å²) in [6.07, 6.45) is -0.206. The van der Waals surface area contributed by atoms with Crippen LogP contribution in [-0.4, -0.2) is 10.9 Å². The quantitative estimate of drug-likeness (QED) is 0.822. The predicted molar refractivity (Wildman–Crippen MR) is 60.6 cm³/mol. The summed E-state index contributed by atoms with van der Waals surface area (Å²) < 4.78 is 0. The van der Waals surface area contributed by atoms with Gasteiger partial charge in [0, 0.05) is 12.3 Å². The number of hydrogen-bond donors (Lipinski definition) is 1. The van der Waals surface area contributed by atoms with Gasteiger partial charge in [0.1, 0.15) is 5.78 Å². The first-order valence-electron chi connectivity index (χ1n) is 5.33. The Morgan fingerprint density at radius 1 is 1.33 bits per heavy atom. The molecule has 0 spiro atoms. The minimum Gasteiger partial charge on any atom is -0.388 e. The highest BCUT2D eigenvalue weighted by atomic mass is 16.3. The van der Waals surface area contributed by atoms with Gasteiger partial charge in [-0.05, 0) is 12.5 Å². The topological polar surface area (TPSA) is 37.3 Å². The molecule has 1 aromatic carbocycles. The number of aliphatic hydroxyl groups is 1. The van der Waals surface area contributed by atoms with E-state index in [1.165, 1.54) is 0 Å². The molecule has 1 rings (SSSR count). The minimum absolute atomic E-state index is 0.100. The lowest BCUT2D eigenvalue weighted by molar-refractivity contribution is -0.125. The fraction of sp³-hybridized carbons (Fsp3) is 0.462. The molecule has 0 aromatic heterocycles. The molecule has 2 nitrogen and oxygen atoms in total. The summed E-state index contributed by atoms with van der Waals surface area (Å²) in [5, 5.41) is 9.96. The van der Waals surface area contributed by atoms with E-state index in [4.69, 9.17) is 0 Å². The maximum absolute atomic E-state index is 11.4. The SMILES string of the molecule is CCC(=O)C(C)C(O)c1ccc(C)cc1. The van der Waals surface area contributed by atoms with Crippen LogP contribution in [0.3, 0.4) is 0 Å². The maximum Gasteiger partial charge on any atom is 0.138 e. The Hall–Kier alpha value is -1.15. The van der Waals surface area contributed by atoms with Crippen LogP contribution in [0, 0.1) is 12.8 Å². The monoisotopic (exact) mass is 206 g/mol. The van der Waals surface area contributed by atoms with Crippen molar-refractivity contribution < 1.29 is 9.90 Å². The number of carbonyl (C=O) groups is 1. The molecule has 0 fully saturated rings. The highest BCUT2D eigenvalue weighted by molar-refractivity contribution is 5.81. The van der Waals surface area contributed by atoms with Gasteiger partial charge in [-0.1, -0.05) is 43.7 Å². The molecule has 2 unspecified atom stereocenters. The van der Waals surface area contributed by atoms with Crippen molar-refractivity contribution in [3.63, 3.8) is 0 Å². The summed E-state index contributed by atoms with van der Waals surface area (Å²) in [4.78, 5) is 11.4. The van der Waals surface area contributed by atoms with Crippen molar-refractivity contribution in [2.45, 2.75) is 33.3 Å². The molecule has 0 aliphatic rings. The minimum atomic E-state index is -0.682. The maximum atomic E-state index is 11.4. The zero-order chi connectivity index (χ0) is 11.4. The second kappa shape index (κ2) is 5.08. The first-order chi connectivity index (χ1) is 7.06. The number of aliphatic hydroxyl groups excluding tert-OH is 1. The third kappa shape index (κ3) is 2.90. The first-order valence-corrected chi connectivity index (χ1v) is 5.33. The summed E-state index contributed by atoms with van der Waals surface area (Å²) >= 11 is 0. The van der Waals surface area contributed by atoms with E-state index < -0.39 is 6.10 Å². The van der Waals surface area contributed by atoms with E-state index in [2.05, 4.69) is 0 Å². The van der Waals surface area contributed by atoms with Crippen molar-refractivity contribution >= 4 is 5.78 Å². The number of Topliss-reactive ketones (excluding diaryl/α,β-unsaturated/α-hetero) is 1. The second-order valence-corrected chi connectivity index (χ2v) is 3.96. The van der Waals surface area contributed by atoms with Crippen LogP contribution in [0.1, 0.15) is 37.5 Å². The highest BCUT2D eigenvalue weighted by Gasteiger charge is 2.21. The Morgan fingerprint density at radius 2 is 1.87 bits per heavy atom. The molecule has 0 saturated carbocycles. The van der Waals surface area contributed by atoms with Gasteiger partial charge in [-0.3, -0.25) is 4.79 Å². The standard InChI is InChI=1S/C13H18O2/c1-4-12(14)10(3)13(15)11-7-5-9(2)6-8-11/h5-8,10,13,15H,4H2,1-3H3. The number of aryl methyl sites for hydroxylation is 1. The van der Waals surface area contributed by atoms with E-state index in [1.807, 2.05) is 38.1 Å². The van der Waals surface area contributed by atoms with E-state index >= 15 is 0 Å². The van der Waals surface area contributed by atoms with Gasteiger partial charge in [-0.2, -0.15) is 0 Å². The lowest BCUT2D eigenvalue weighted by Gasteiger charge is -2.17. The third-order valence-corrected chi connectivity index (χ3v) is 2.75. The molecule has 0 aliphatic carbocycles. The normalized spacial score (nSPS) is 14.7. The van der Waals surface area contributed by atoms with Crippen LogP contribution >= 0.6 is 0 Å². The molecule has 82 valence electrons. The summed E-state index contributed by atoms with van der Waals surface area (Å²) in [5.41, 5.74) is 1.97. The lowest BCUT2D eigenvalue weighted by atomic mass is 9.92. The van der Waals surface area contributed by atoms with Gasteiger partial charge in [-0.25, -0.2) is 0 Å². The molecule has 1 aromatic rings. The third-order valence-electron chi connectivity index (χ3n) is 2.75. The fourth-order valence-electron chi connectivity index (χ4n) is 1.55. The average Bonchev–Trinajstić information content (AvgIpc) is 2.27. The van der Waals surface area contributed by atoms with Crippen molar-refractivity contribution in [1.82, 2.24) is 0 Å². The Balaban J connectivity index is 2.80. The van der Waals surface area contributed by atoms with Gasteiger partial charge in [0.2, 0.25) is 0 Å². The number of hydrogen-bond acceptors (Lipinski definition) is 2. The van der Waals surface area contributed by atoms with Gasteiger partial charge >= 0.3 is 0 Å². The Morgan fingerprint density at radius 3 is 2.33 bits per heavy atom. The van der Waals surface area contributed by atoms with Crippen LogP contribution in [-0.2, 0) is 4.79 Å². The van der Waals surface area contributed by atoms with Gasteiger partial charge in [0.25, 0.3) is 0 Å². The van der Waals surface area contributed by atoms with Crippen molar-refractivity contribution in [1.29, 1.82) is 0 Å². The Bertz CT molecular complexity index is 327. The van der Waals surface area contributed by atoms with Gasteiger partial charge < -0.3 is 5.11 Å². The number of benzene rings is 1. The largest absolute Gasteiger partial charge is 0.388 e. The smallest absolute Gasteiger partial charge is 0.138 e. The Labute approximate surface area is 90.9 Å². The van der Waals surface area contributed by atoms with Gasteiger partial charge in [0.05, 0.1) is 6.10 Å². The van der Waals surface area contributed by atoms with E-state index in [0.29, 0.717) is 6.42 Å². The molecule has 0 saturated heterocycles. The molecule has 2 heteroatoms. The van der Waals surface area contributed by atoms with E-state index in [1.54, 1.807) is 6.92 Å². The van der Waals surface area contributed by atoms with E-state index in [0.717, 1.165) is 11.1 Å². The van der Waals surface area contributed by atoms with Crippen molar-refractivity contribution in [3.05, 3.63) is 35.4 Å². The summed E-state index contributed by atoms with van der Waals surface area (Å²) in [6.45, 7) is 5.59. The molecule has 0 heterocycles. The molecule has 0 radical (unpaired) electrons. The van der Waals surface area contributed by atoms with Gasteiger partial charge in [0.15, 0.2) is 0 Å². The lowest BCUT2D eigenvalue weighted by Crippen LogP contribution is -2.18. The molecule has 15 heavy (non-hydrogen) atoms. The van der Waals surface area contributed by atoms with Crippen LogP contribution in [0.25, 0.3) is 0 Å². The molecule has 0 bridgehead atoms. The number of rotatable bonds is 4. The van der Waals surface area contributed by atoms with Crippen LogP contribution in [0.5, 0.6) is 0 Å². The summed E-state index contributed by atoms with van der Waals surface area (Å²) in [7, 11) is 0. The molecule has 0 amide bonds. The van der Waals surface area contributed by atoms with Crippen LogP contribution in [0.2, 0.25) is 0 Å². The van der Waals surface area contributed by atoms with Crippen molar-refractivity contribution in [3.8, 4) is 0 Å². The molecular formula is C13H18O2. The number of ketones is 1. The molecule has 0 aliphatic heterocycles. The highest BCUT2D eigenvalue weighted by Crippen LogP contribution is 2.23.